The van der Waals surface area contributed by atoms with E-state index in [1.807, 2.05) is 0 Å². The van der Waals surface area contributed by atoms with E-state index in [1.165, 1.54) is 25.7 Å². The molecule has 3 heteroatoms. The van der Waals surface area contributed by atoms with Crippen LogP contribution in [-0.2, 0) is 9.53 Å². The Morgan fingerprint density at radius 1 is 1.23 bits per heavy atom. The van der Waals surface area contributed by atoms with Crippen LogP contribution in [0.4, 0.5) is 0 Å². The fourth-order valence-corrected chi connectivity index (χ4v) is 1.09. The highest BCUT2D eigenvalue weighted by molar-refractivity contribution is 5.71. The van der Waals surface area contributed by atoms with E-state index in [2.05, 4.69) is 12.2 Å². The molecule has 0 aliphatic rings. The highest BCUT2D eigenvalue weighted by Gasteiger charge is 1.98. The summed E-state index contributed by atoms with van der Waals surface area (Å²) in [5.41, 5.74) is 0. The van der Waals surface area contributed by atoms with Gasteiger partial charge in [0.15, 0.2) is 0 Å². The molecule has 0 aromatic heterocycles. The number of hydrogen-bond donors (Lipinski definition) is 1. The van der Waals surface area contributed by atoms with Crippen LogP contribution in [0.5, 0.6) is 0 Å². The Balaban J connectivity index is 3.02. The smallest absolute Gasteiger partial charge is 0.319 e. The Morgan fingerprint density at radius 2 is 1.92 bits per heavy atom. The summed E-state index contributed by atoms with van der Waals surface area (Å²) in [6.07, 6.45) is 5.94. The van der Waals surface area contributed by atoms with Crippen LogP contribution in [0.15, 0.2) is 0 Å². The zero-order valence-corrected chi connectivity index (χ0v) is 8.77. The Kier molecular flexibility index (Phi) is 9.10. The topological polar surface area (TPSA) is 38.3 Å². The predicted molar refractivity (Wildman–Crippen MR) is 53.6 cm³/mol. The van der Waals surface area contributed by atoms with Crippen molar-refractivity contribution in [2.75, 3.05) is 20.2 Å². The van der Waals surface area contributed by atoms with Gasteiger partial charge in [-0.2, -0.15) is 0 Å². The SMILES string of the molecule is CCCCCCCOC(=O)CNC. The summed E-state index contributed by atoms with van der Waals surface area (Å²) in [4.78, 5) is 10.8. The summed E-state index contributed by atoms with van der Waals surface area (Å²) in [5, 5.41) is 2.75. The van der Waals surface area contributed by atoms with Crippen LogP contribution in [-0.4, -0.2) is 26.2 Å². The summed E-state index contributed by atoms with van der Waals surface area (Å²) in [6, 6.07) is 0. The monoisotopic (exact) mass is 187 g/mol. The molecule has 0 aliphatic heterocycles. The van der Waals surface area contributed by atoms with Crippen LogP contribution in [0.25, 0.3) is 0 Å². The number of ether oxygens (including phenoxy) is 1. The Labute approximate surface area is 80.8 Å². The number of rotatable bonds is 8. The van der Waals surface area contributed by atoms with Crippen molar-refractivity contribution in [3.63, 3.8) is 0 Å². The molecule has 0 spiro atoms. The van der Waals surface area contributed by atoms with Crippen molar-refractivity contribution >= 4 is 5.97 Å². The first-order valence-electron chi connectivity index (χ1n) is 5.11. The summed E-state index contributed by atoms with van der Waals surface area (Å²) in [5.74, 6) is -0.155. The van der Waals surface area contributed by atoms with Gasteiger partial charge < -0.3 is 10.1 Å². The molecule has 78 valence electrons. The lowest BCUT2D eigenvalue weighted by Crippen LogP contribution is -2.21. The highest BCUT2D eigenvalue weighted by Crippen LogP contribution is 2.02. The maximum Gasteiger partial charge on any atom is 0.319 e. The van der Waals surface area contributed by atoms with Crippen LogP contribution >= 0.6 is 0 Å². The normalized spacial score (nSPS) is 10.0. The number of esters is 1. The van der Waals surface area contributed by atoms with Crippen molar-refractivity contribution in [1.82, 2.24) is 5.32 Å². The summed E-state index contributed by atoms with van der Waals surface area (Å²) in [6.45, 7) is 3.08. The minimum absolute atomic E-state index is 0.155. The third kappa shape index (κ3) is 9.34. The molecule has 0 saturated carbocycles. The van der Waals surface area contributed by atoms with Crippen molar-refractivity contribution in [2.45, 2.75) is 39.0 Å². The molecular weight excluding hydrogens is 166 g/mol. The first kappa shape index (κ1) is 12.4. The van der Waals surface area contributed by atoms with E-state index in [1.54, 1.807) is 7.05 Å². The number of unbranched alkanes of at least 4 members (excludes halogenated alkanes) is 4. The minimum Gasteiger partial charge on any atom is -0.465 e. The number of carbonyl (C=O) groups excluding carboxylic acids is 1. The fourth-order valence-electron chi connectivity index (χ4n) is 1.09. The molecule has 1 N–H and O–H groups in total. The molecule has 0 radical (unpaired) electrons. The number of hydrogen-bond acceptors (Lipinski definition) is 3. The summed E-state index contributed by atoms with van der Waals surface area (Å²) in [7, 11) is 1.74. The van der Waals surface area contributed by atoms with Crippen LogP contribution in [0.3, 0.4) is 0 Å². The molecule has 0 aromatic rings. The fraction of sp³-hybridized carbons (Fsp3) is 0.900. The van der Waals surface area contributed by atoms with Gasteiger partial charge in [-0.1, -0.05) is 32.6 Å². The third-order valence-corrected chi connectivity index (χ3v) is 1.83. The average molecular weight is 187 g/mol. The van der Waals surface area contributed by atoms with E-state index in [4.69, 9.17) is 4.74 Å². The van der Waals surface area contributed by atoms with Gasteiger partial charge in [-0.3, -0.25) is 4.79 Å². The van der Waals surface area contributed by atoms with Gasteiger partial charge in [0.05, 0.1) is 13.2 Å². The molecule has 13 heavy (non-hydrogen) atoms. The lowest BCUT2D eigenvalue weighted by Gasteiger charge is -2.03. The number of nitrogens with one attached hydrogen (secondary N) is 1. The van der Waals surface area contributed by atoms with Gasteiger partial charge in [0.1, 0.15) is 0 Å². The maximum absolute atomic E-state index is 10.8. The van der Waals surface area contributed by atoms with Gasteiger partial charge in [-0.15, -0.1) is 0 Å². The quantitative estimate of drug-likeness (QED) is 0.464. The van der Waals surface area contributed by atoms with Gasteiger partial charge in [-0.05, 0) is 13.5 Å². The molecule has 0 rings (SSSR count). The lowest BCUT2D eigenvalue weighted by molar-refractivity contribution is -0.142. The Hall–Kier alpha value is -0.570. The van der Waals surface area contributed by atoms with E-state index in [0.717, 1.165) is 6.42 Å². The zero-order chi connectivity index (χ0) is 9.94. The molecule has 0 fully saturated rings. The largest absolute Gasteiger partial charge is 0.465 e. The average Bonchev–Trinajstić information content (AvgIpc) is 2.11. The standard InChI is InChI=1S/C10H21NO2/c1-3-4-5-6-7-8-13-10(12)9-11-2/h11H,3-9H2,1-2H3. The van der Waals surface area contributed by atoms with Crippen LogP contribution in [0.1, 0.15) is 39.0 Å². The second-order valence-corrected chi connectivity index (χ2v) is 3.17. The molecule has 0 bridgehead atoms. The van der Waals surface area contributed by atoms with Crippen molar-refractivity contribution in [3.05, 3.63) is 0 Å². The third-order valence-electron chi connectivity index (χ3n) is 1.83. The molecule has 3 nitrogen and oxygen atoms in total. The van der Waals surface area contributed by atoms with Gasteiger partial charge in [0.2, 0.25) is 0 Å². The second-order valence-electron chi connectivity index (χ2n) is 3.17. The first-order chi connectivity index (χ1) is 6.31. The highest BCUT2D eigenvalue weighted by atomic mass is 16.5. The molecule has 0 aromatic carbocycles. The van der Waals surface area contributed by atoms with Crippen molar-refractivity contribution in [1.29, 1.82) is 0 Å². The maximum atomic E-state index is 10.8. The summed E-state index contributed by atoms with van der Waals surface area (Å²) >= 11 is 0. The van der Waals surface area contributed by atoms with Crippen LogP contribution < -0.4 is 5.32 Å². The lowest BCUT2D eigenvalue weighted by atomic mass is 10.2. The molecule has 0 saturated heterocycles. The molecule has 0 unspecified atom stereocenters. The van der Waals surface area contributed by atoms with E-state index < -0.39 is 0 Å². The van der Waals surface area contributed by atoms with Gasteiger partial charge in [0.25, 0.3) is 0 Å². The minimum atomic E-state index is -0.155. The van der Waals surface area contributed by atoms with Gasteiger partial charge in [-0.25, -0.2) is 0 Å². The van der Waals surface area contributed by atoms with E-state index in [-0.39, 0.29) is 5.97 Å². The molecule has 0 heterocycles. The van der Waals surface area contributed by atoms with Gasteiger partial charge >= 0.3 is 5.97 Å². The van der Waals surface area contributed by atoms with Crippen LogP contribution in [0.2, 0.25) is 0 Å². The van der Waals surface area contributed by atoms with Crippen molar-refractivity contribution in [3.8, 4) is 0 Å². The number of carbonyl (C=O) groups is 1. The Bertz CT molecular complexity index is 126. The number of likely N-dealkylation sites (N-methyl/N-ethyl adjacent to an activating group) is 1. The second kappa shape index (κ2) is 9.52. The predicted octanol–water partition coefficient (Wildman–Crippen LogP) is 1.72. The van der Waals surface area contributed by atoms with Crippen molar-refractivity contribution < 1.29 is 9.53 Å². The molecule has 0 amide bonds. The summed E-state index contributed by atoms with van der Waals surface area (Å²) < 4.78 is 4.96. The zero-order valence-electron chi connectivity index (χ0n) is 8.77. The molecule has 0 atom stereocenters. The molecular formula is C10H21NO2. The molecule has 0 aliphatic carbocycles. The van der Waals surface area contributed by atoms with Crippen LogP contribution in [0, 0.1) is 0 Å². The Morgan fingerprint density at radius 3 is 2.54 bits per heavy atom. The van der Waals surface area contributed by atoms with E-state index >= 15 is 0 Å². The van der Waals surface area contributed by atoms with E-state index in [9.17, 15) is 4.79 Å². The van der Waals surface area contributed by atoms with Gasteiger partial charge in [0, 0.05) is 0 Å². The van der Waals surface area contributed by atoms with E-state index in [0.29, 0.717) is 13.2 Å². The first-order valence-corrected chi connectivity index (χ1v) is 5.11. The van der Waals surface area contributed by atoms with Crippen molar-refractivity contribution in [2.24, 2.45) is 0 Å².